The highest BCUT2D eigenvalue weighted by Crippen LogP contribution is 2.12. The largest absolute Gasteiger partial charge is 0.467 e. The zero-order valence-corrected chi connectivity index (χ0v) is 15.3. The van der Waals surface area contributed by atoms with Crippen molar-refractivity contribution in [2.75, 3.05) is 19.6 Å². The lowest BCUT2D eigenvalue weighted by molar-refractivity contribution is 0.158. The molecule has 0 fully saturated rings. The molecule has 3 N–H and O–H groups in total. The lowest BCUT2D eigenvalue weighted by Crippen LogP contribution is -2.38. The van der Waals surface area contributed by atoms with E-state index in [1.807, 2.05) is 6.92 Å². The van der Waals surface area contributed by atoms with E-state index in [4.69, 9.17) is 4.42 Å². The zero-order valence-electron chi connectivity index (χ0n) is 13.0. The molecule has 21 heavy (non-hydrogen) atoms. The summed E-state index contributed by atoms with van der Waals surface area (Å²) in [6.45, 7) is 6.23. The predicted molar refractivity (Wildman–Crippen MR) is 97.2 cm³/mol. The fraction of sp³-hybridized carbons (Fsp3) is 0.667. The Morgan fingerprint density at radius 2 is 2.10 bits per heavy atom. The normalized spacial score (nSPS) is 12.6. The Morgan fingerprint density at radius 3 is 2.71 bits per heavy atom. The molecule has 6 heteroatoms. The van der Waals surface area contributed by atoms with Gasteiger partial charge in [-0.05, 0) is 25.5 Å². The Labute approximate surface area is 144 Å². The summed E-state index contributed by atoms with van der Waals surface area (Å²) in [5, 5.41) is 16.4. The molecule has 0 saturated carbocycles. The molecule has 1 aromatic heterocycles. The smallest absolute Gasteiger partial charge is 0.191 e. The molecule has 0 spiro atoms. The van der Waals surface area contributed by atoms with Gasteiger partial charge in [0.15, 0.2) is 5.96 Å². The first-order chi connectivity index (χ1) is 9.77. The van der Waals surface area contributed by atoms with Crippen LogP contribution in [0.1, 0.15) is 51.4 Å². The number of nitrogens with one attached hydrogen (secondary N) is 2. The first-order valence-corrected chi connectivity index (χ1v) is 7.51. The summed E-state index contributed by atoms with van der Waals surface area (Å²) < 4.78 is 5.15. The molecule has 1 rings (SSSR count). The second-order valence-electron chi connectivity index (χ2n) is 4.74. The van der Waals surface area contributed by atoms with Crippen molar-refractivity contribution in [1.29, 1.82) is 0 Å². The van der Waals surface area contributed by atoms with Gasteiger partial charge in [-0.2, -0.15) is 0 Å². The Kier molecular flexibility index (Phi) is 12.5. The van der Waals surface area contributed by atoms with Crippen LogP contribution in [0.15, 0.2) is 27.8 Å². The lowest BCUT2D eigenvalue weighted by Gasteiger charge is -2.12. The number of hydrogen-bond acceptors (Lipinski definition) is 3. The molecule has 0 bridgehead atoms. The molecule has 1 unspecified atom stereocenters. The zero-order chi connectivity index (χ0) is 14.6. The Hall–Kier alpha value is -0.760. The number of furan rings is 1. The maximum absolute atomic E-state index is 9.91. The third-order valence-electron chi connectivity index (χ3n) is 2.96. The van der Waals surface area contributed by atoms with Crippen molar-refractivity contribution in [2.45, 2.75) is 45.6 Å². The van der Waals surface area contributed by atoms with Gasteiger partial charge in [-0.15, -0.1) is 24.0 Å². The number of unbranched alkanes of at least 4 members (excludes halogenated alkanes) is 3. The second-order valence-corrected chi connectivity index (χ2v) is 4.74. The molecule has 5 nitrogen and oxygen atoms in total. The minimum Gasteiger partial charge on any atom is -0.467 e. The number of aliphatic imine (C=N–C) groups is 1. The highest BCUT2D eigenvalue weighted by Gasteiger charge is 2.09. The van der Waals surface area contributed by atoms with Crippen molar-refractivity contribution in [3.8, 4) is 0 Å². The summed E-state index contributed by atoms with van der Waals surface area (Å²) in [5.41, 5.74) is 0. The number of halogens is 1. The van der Waals surface area contributed by atoms with Gasteiger partial charge in [-0.3, -0.25) is 4.99 Å². The first kappa shape index (κ1) is 20.2. The fourth-order valence-corrected chi connectivity index (χ4v) is 1.85. The van der Waals surface area contributed by atoms with Gasteiger partial charge in [-0.25, -0.2) is 0 Å². The molecular formula is C15H28IN3O2. The quantitative estimate of drug-likeness (QED) is 0.254. The Balaban J connectivity index is 0.00000400. The second kappa shape index (κ2) is 12.9. The van der Waals surface area contributed by atoms with Crippen LogP contribution in [0.2, 0.25) is 0 Å². The average Bonchev–Trinajstić information content (AvgIpc) is 2.98. The van der Waals surface area contributed by atoms with Gasteiger partial charge in [0, 0.05) is 13.1 Å². The molecule has 1 aromatic rings. The minimum atomic E-state index is -0.694. The predicted octanol–water partition coefficient (Wildman–Crippen LogP) is 3.07. The van der Waals surface area contributed by atoms with Crippen LogP contribution in [0.4, 0.5) is 0 Å². The standard InChI is InChI=1S/C15H27N3O2.HI/c1-3-5-6-7-10-17-15(16-4-2)18-12-13(19)14-9-8-11-20-14;/h8-9,11,13,19H,3-7,10,12H2,1-2H3,(H2,16,17,18);1H. The van der Waals surface area contributed by atoms with E-state index in [1.54, 1.807) is 18.4 Å². The highest BCUT2D eigenvalue weighted by atomic mass is 127. The van der Waals surface area contributed by atoms with Crippen molar-refractivity contribution in [1.82, 2.24) is 10.6 Å². The number of rotatable bonds is 9. The first-order valence-electron chi connectivity index (χ1n) is 7.51. The van der Waals surface area contributed by atoms with Crippen LogP contribution in [0.5, 0.6) is 0 Å². The average molecular weight is 409 g/mol. The summed E-state index contributed by atoms with van der Waals surface area (Å²) in [6, 6.07) is 3.52. The summed E-state index contributed by atoms with van der Waals surface area (Å²) in [4.78, 5) is 4.37. The Bertz CT molecular complexity index is 369. The van der Waals surface area contributed by atoms with E-state index in [9.17, 15) is 5.11 Å². The van der Waals surface area contributed by atoms with Gasteiger partial charge in [0.1, 0.15) is 11.9 Å². The van der Waals surface area contributed by atoms with Crippen molar-refractivity contribution in [3.63, 3.8) is 0 Å². The van der Waals surface area contributed by atoms with Crippen molar-refractivity contribution < 1.29 is 9.52 Å². The van der Waals surface area contributed by atoms with E-state index < -0.39 is 6.10 Å². The molecule has 0 saturated heterocycles. The summed E-state index contributed by atoms with van der Waals surface area (Å²) >= 11 is 0. The van der Waals surface area contributed by atoms with E-state index in [1.165, 1.54) is 19.3 Å². The molecule has 1 atom stereocenters. The molecule has 0 aliphatic heterocycles. The lowest BCUT2D eigenvalue weighted by atomic mass is 10.2. The van der Waals surface area contributed by atoms with E-state index in [0.717, 1.165) is 25.5 Å². The Morgan fingerprint density at radius 1 is 1.29 bits per heavy atom. The maximum Gasteiger partial charge on any atom is 0.191 e. The topological polar surface area (TPSA) is 69.8 Å². The van der Waals surface area contributed by atoms with Gasteiger partial charge in [0.05, 0.1) is 12.8 Å². The van der Waals surface area contributed by atoms with Crippen LogP contribution in [0, 0.1) is 0 Å². The van der Waals surface area contributed by atoms with Crippen LogP contribution in [0.3, 0.4) is 0 Å². The summed E-state index contributed by atoms with van der Waals surface area (Å²) in [6.07, 6.45) is 5.74. The molecule has 0 amide bonds. The SMILES string of the molecule is CCCCCCNC(=NCC(O)c1ccco1)NCC.I. The number of guanidine groups is 1. The molecule has 0 aliphatic rings. The number of aliphatic hydroxyl groups is 1. The van der Waals surface area contributed by atoms with Gasteiger partial charge >= 0.3 is 0 Å². The van der Waals surface area contributed by atoms with E-state index >= 15 is 0 Å². The molecule has 0 aromatic carbocycles. The number of nitrogens with zero attached hydrogens (tertiary/aromatic N) is 1. The van der Waals surface area contributed by atoms with Crippen LogP contribution in [0.25, 0.3) is 0 Å². The third kappa shape index (κ3) is 8.98. The third-order valence-corrected chi connectivity index (χ3v) is 2.96. The van der Waals surface area contributed by atoms with Gasteiger partial charge in [0.25, 0.3) is 0 Å². The maximum atomic E-state index is 9.91. The molecule has 0 aliphatic carbocycles. The van der Waals surface area contributed by atoms with E-state index in [-0.39, 0.29) is 30.5 Å². The fourth-order valence-electron chi connectivity index (χ4n) is 1.85. The van der Waals surface area contributed by atoms with Crippen LogP contribution < -0.4 is 10.6 Å². The molecule has 1 heterocycles. The van der Waals surface area contributed by atoms with Crippen LogP contribution in [-0.2, 0) is 0 Å². The summed E-state index contributed by atoms with van der Waals surface area (Å²) in [5.74, 6) is 1.29. The molecule has 0 radical (unpaired) electrons. The van der Waals surface area contributed by atoms with Crippen LogP contribution in [-0.4, -0.2) is 30.7 Å². The van der Waals surface area contributed by atoms with Crippen LogP contribution >= 0.6 is 24.0 Å². The van der Waals surface area contributed by atoms with E-state index in [2.05, 4.69) is 22.5 Å². The molecule has 122 valence electrons. The summed E-state index contributed by atoms with van der Waals surface area (Å²) in [7, 11) is 0. The number of aliphatic hydroxyl groups excluding tert-OH is 1. The monoisotopic (exact) mass is 409 g/mol. The van der Waals surface area contributed by atoms with Crippen molar-refractivity contribution >= 4 is 29.9 Å². The van der Waals surface area contributed by atoms with Gasteiger partial charge in [-0.1, -0.05) is 26.2 Å². The van der Waals surface area contributed by atoms with Gasteiger partial charge in [0.2, 0.25) is 0 Å². The van der Waals surface area contributed by atoms with Crippen molar-refractivity contribution in [3.05, 3.63) is 24.2 Å². The van der Waals surface area contributed by atoms with Gasteiger partial charge < -0.3 is 20.2 Å². The minimum absolute atomic E-state index is 0. The highest BCUT2D eigenvalue weighted by molar-refractivity contribution is 14.0. The molecular weight excluding hydrogens is 381 g/mol. The van der Waals surface area contributed by atoms with E-state index in [0.29, 0.717) is 5.76 Å². The number of hydrogen-bond donors (Lipinski definition) is 3. The van der Waals surface area contributed by atoms with Crippen molar-refractivity contribution in [2.24, 2.45) is 4.99 Å².